The predicted octanol–water partition coefficient (Wildman–Crippen LogP) is 3.33. The molecule has 2 rings (SSSR count). The van der Waals surface area contributed by atoms with Crippen LogP contribution in [-0.2, 0) is 4.79 Å². The Morgan fingerprint density at radius 1 is 1.55 bits per heavy atom. The predicted molar refractivity (Wildman–Crippen MR) is 92.5 cm³/mol. The van der Waals surface area contributed by atoms with Crippen molar-refractivity contribution >= 4 is 33.4 Å². The molecule has 1 aromatic rings. The highest BCUT2D eigenvalue weighted by Gasteiger charge is 2.22. The van der Waals surface area contributed by atoms with Crippen LogP contribution in [0, 0.1) is 5.92 Å². The number of rotatable bonds is 6. The summed E-state index contributed by atoms with van der Waals surface area (Å²) in [6.45, 7) is 3.07. The van der Waals surface area contributed by atoms with E-state index in [0.29, 0.717) is 29.7 Å². The van der Waals surface area contributed by atoms with Gasteiger partial charge in [0.2, 0.25) is 5.91 Å². The molecule has 1 aliphatic heterocycles. The topological polar surface area (TPSA) is 41.6 Å². The number of amides is 1. The summed E-state index contributed by atoms with van der Waals surface area (Å²) in [7, 11) is 1.96. The van der Waals surface area contributed by atoms with Crippen LogP contribution in [0.5, 0.6) is 5.75 Å². The molecule has 0 aromatic heterocycles. The van der Waals surface area contributed by atoms with Crippen molar-refractivity contribution in [2.75, 3.05) is 33.3 Å². The van der Waals surface area contributed by atoms with Crippen molar-refractivity contribution in [3.05, 3.63) is 27.7 Å². The first-order valence-electron chi connectivity index (χ1n) is 7.60. The van der Waals surface area contributed by atoms with E-state index >= 15 is 0 Å². The molecule has 122 valence electrons. The van der Waals surface area contributed by atoms with Crippen molar-refractivity contribution in [1.29, 1.82) is 0 Å². The molecule has 1 fully saturated rings. The minimum absolute atomic E-state index is 0.172. The van der Waals surface area contributed by atoms with E-state index in [1.54, 1.807) is 18.2 Å². The Labute approximate surface area is 145 Å². The summed E-state index contributed by atoms with van der Waals surface area (Å²) in [4.78, 5) is 14.2. The van der Waals surface area contributed by atoms with Gasteiger partial charge >= 0.3 is 0 Å². The average Bonchev–Trinajstić information content (AvgIpc) is 2.50. The summed E-state index contributed by atoms with van der Waals surface area (Å²) in [5.41, 5.74) is 0. The molecule has 1 atom stereocenters. The van der Waals surface area contributed by atoms with E-state index in [0.717, 1.165) is 30.5 Å². The molecule has 6 heteroatoms. The molecule has 0 saturated carbocycles. The Morgan fingerprint density at radius 2 is 2.36 bits per heavy atom. The van der Waals surface area contributed by atoms with E-state index in [4.69, 9.17) is 16.3 Å². The molecule has 1 saturated heterocycles. The minimum Gasteiger partial charge on any atom is -0.492 e. The largest absolute Gasteiger partial charge is 0.492 e. The van der Waals surface area contributed by atoms with Crippen LogP contribution in [0.4, 0.5) is 0 Å². The maximum absolute atomic E-state index is 12.3. The molecular weight excluding hydrogens is 368 g/mol. The Kier molecular flexibility index (Phi) is 6.99. The highest BCUT2D eigenvalue weighted by Crippen LogP contribution is 2.28. The summed E-state index contributed by atoms with van der Waals surface area (Å²) in [5, 5.41) is 3.85. The molecule has 0 bridgehead atoms. The first-order valence-corrected chi connectivity index (χ1v) is 8.77. The third kappa shape index (κ3) is 5.14. The zero-order valence-corrected chi connectivity index (χ0v) is 15.1. The molecule has 1 N–H and O–H groups in total. The molecule has 0 aliphatic carbocycles. The number of hydrogen-bond acceptors (Lipinski definition) is 3. The minimum atomic E-state index is 0.172. The summed E-state index contributed by atoms with van der Waals surface area (Å²) in [6.07, 6.45) is 2.68. The van der Waals surface area contributed by atoms with Crippen LogP contribution in [-0.4, -0.2) is 44.1 Å². The van der Waals surface area contributed by atoms with Crippen LogP contribution in [0.3, 0.4) is 0 Å². The van der Waals surface area contributed by atoms with Crippen molar-refractivity contribution in [3.63, 3.8) is 0 Å². The highest BCUT2D eigenvalue weighted by molar-refractivity contribution is 9.10. The fourth-order valence-corrected chi connectivity index (χ4v) is 3.54. The van der Waals surface area contributed by atoms with Gasteiger partial charge in [-0.3, -0.25) is 4.79 Å². The van der Waals surface area contributed by atoms with Crippen molar-refractivity contribution in [2.24, 2.45) is 5.92 Å². The van der Waals surface area contributed by atoms with E-state index < -0.39 is 0 Å². The lowest BCUT2D eigenvalue weighted by molar-refractivity contribution is -0.133. The normalized spacial score (nSPS) is 18.3. The smallest absolute Gasteiger partial charge is 0.226 e. The second-order valence-electron chi connectivity index (χ2n) is 5.58. The van der Waals surface area contributed by atoms with Gasteiger partial charge in [-0.2, -0.15) is 0 Å². The summed E-state index contributed by atoms with van der Waals surface area (Å²) < 4.78 is 6.47. The van der Waals surface area contributed by atoms with Gasteiger partial charge in [-0.05, 0) is 66.5 Å². The molecule has 0 spiro atoms. The third-order valence-corrected chi connectivity index (χ3v) is 4.69. The van der Waals surface area contributed by atoms with Crippen LogP contribution in [0.2, 0.25) is 5.02 Å². The maximum Gasteiger partial charge on any atom is 0.226 e. The number of piperidine rings is 1. The number of hydrogen-bond donors (Lipinski definition) is 1. The zero-order valence-electron chi connectivity index (χ0n) is 12.8. The van der Waals surface area contributed by atoms with E-state index in [1.165, 1.54) is 6.42 Å². The Hall–Kier alpha value is -0.780. The monoisotopic (exact) mass is 388 g/mol. The van der Waals surface area contributed by atoms with Gasteiger partial charge in [-0.15, -0.1) is 0 Å². The average molecular weight is 390 g/mol. The lowest BCUT2D eigenvalue weighted by Gasteiger charge is -2.32. The van der Waals surface area contributed by atoms with Crippen LogP contribution >= 0.6 is 27.5 Å². The van der Waals surface area contributed by atoms with Crippen LogP contribution < -0.4 is 10.1 Å². The van der Waals surface area contributed by atoms with E-state index in [2.05, 4.69) is 21.2 Å². The first kappa shape index (κ1) is 17.6. The number of carbonyl (C=O) groups excluding carboxylic acids is 1. The van der Waals surface area contributed by atoms with Crippen LogP contribution in [0.1, 0.15) is 19.3 Å². The SMILES string of the molecule is CNC[C@@H]1CCCN(C(=O)CCOc2ccc(Cl)cc2Br)C1. The second kappa shape index (κ2) is 8.75. The number of nitrogens with zero attached hydrogens (tertiary/aromatic N) is 1. The molecule has 1 heterocycles. The van der Waals surface area contributed by atoms with Gasteiger partial charge < -0.3 is 15.0 Å². The summed E-state index contributed by atoms with van der Waals surface area (Å²) >= 11 is 9.30. The number of likely N-dealkylation sites (tertiary alicyclic amines) is 1. The molecule has 0 unspecified atom stereocenters. The molecular formula is C16H22BrClN2O2. The quantitative estimate of drug-likeness (QED) is 0.811. The fourth-order valence-electron chi connectivity index (χ4n) is 2.75. The van der Waals surface area contributed by atoms with Gasteiger partial charge in [-0.1, -0.05) is 11.6 Å². The van der Waals surface area contributed by atoms with Gasteiger partial charge in [0.05, 0.1) is 17.5 Å². The van der Waals surface area contributed by atoms with Crippen LogP contribution in [0.25, 0.3) is 0 Å². The van der Waals surface area contributed by atoms with Gasteiger partial charge in [0.25, 0.3) is 0 Å². The van der Waals surface area contributed by atoms with Gasteiger partial charge in [0.1, 0.15) is 5.75 Å². The molecule has 4 nitrogen and oxygen atoms in total. The molecule has 1 amide bonds. The maximum atomic E-state index is 12.3. The number of halogens is 2. The van der Waals surface area contributed by atoms with E-state index in [-0.39, 0.29) is 5.91 Å². The van der Waals surface area contributed by atoms with Crippen molar-refractivity contribution in [1.82, 2.24) is 10.2 Å². The zero-order chi connectivity index (χ0) is 15.9. The molecule has 22 heavy (non-hydrogen) atoms. The number of benzene rings is 1. The first-order chi connectivity index (χ1) is 10.6. The molecule has 1 aromatic carbocycles. The van der Waals surface area contributed by atoms with Crippen molar-refractivity contribution in [2.45, 2.75) is 19.3 Å². The Balaban J connectivity index is 1.77. The van der Waals surface area contributed by atoms with E-state index in [1.807, 2.05) is 11.9 Å². The molecule has 1 aliphatic rings. The van der Waals surface area contributed by atoms with Gasteiger partial charge in [-0.25, -0.2) is 0 Å². The molecule has 0 radical (unpaired) electrons. The summed E-state index contributed by atoms with van der Waals surface area (Å²) in [6, 6.07) is 5.36. The lowest BCUT2D eigenvalue weighted by Crippen LogP contribution is -2.42. The van der Waals surface area contributed by atoms with Crippen molar-refractivity contribution in [3.8, 4) is 5.75 Å². The number of carbonyl (C=O) groups is 1. The lowest BCUT2D eigenvalue weighted by atomic mass is 9.98. The second-order valence-corrected chi connectivity index (χ2v) is 6.87. The van der Waals surface area contributed by atoms with Crippen molar-refractivity contribution < 1.29 is 9.53 Å². The Morgan fingerprint density at radius 3 is 3.09 bits per heavy atom. The third-order valence-electron chi connectivity index (χ3n) is 3.83. The number of nitrogens with one attached hydrogen (secondary N) is 1. The standard InChI is InChI=1S/C16H22BrClN2O2/c1-19-10-12-3-2-7-20(11-12)16(21)6-8-22-15-5-4-13(18)9-14(15)17/h4-5,9,12,19H,2-3,6-8,10-11H2,1H3/t12-/m0/s1. The number of ether oxygens (including phenoxy) is 1. The van der Waals surface area contributed by atoms with Crippen LogP contribution in [0.15, 0.2) is 22.7 Å². The summed E-state index contributed by atoms with van der Waals surface area (Å²) in [5.74, 6) is 1.45. The van der Waals surface area contributed by atoms with Gasteiger partial charge in [0.15, 0.2) is 0 Å². The highest BCUT2D eigenvalue weighted by atomic mass is 79.9. The van der Waals surface area contributed by atoms with Gasteiger partial charge in [0, 0.05) is 18.1 Å². The van der Waals surface area contributed by atoms with E-state index in [9.17, 15) is 4.79 Å². The fraction of sp³-hybridized carbons (Fsp3) is 0.562. The Bertz CT molecular complexity index is 511.